The molecule has 0 bridgehead atoms. The van der Waals surface area contributed by atoms with E-state index in [1.165, 1.54) is 10.8 Å². The molecule has 0 saturated carbocycles. The molecule has 27 heavy (non-hydrogen) atoms. The minimum Gasteiger partial charge on any atom is -0.235 e. The summed E-state index contributed by atoms with van der Waals surface area (Å²) in [5.41, 5.74) is 2.60. The van der Waals surface area contributed by atoms with Gasteiger partial charge >= 0.3 is 0 Å². The number of fused-ring (bicyclic) bond motifs is 3. The van der Waals surface area contributed by atoms with Crippen molar-refractivity contribution in [3.8, 4) is 6.07 Å². The average Bonchev–Trinajstić information content (AvgIpc) is 3.15. The van der Waals surface area contributed by atoms with Gasteiger partial charge in [0.2, 0.25) is 0 Å². The number of hydrogen-bond acceptors (Lipinski definition) is 3. The zero-order chi connectivity index (χ0) is 18.2. The van der Waals surface area contributed by atoms with Crippen molar-refractivity contribution in [1.29, 1.82) is 5.26 Å². The van der Waals surface area contributed by atoms with Gasteiger partial charge < -0.3 is 0 Å². The molecule has 0 aliphatic carbocycles. The van der Waals surface area contributed by atoms with Crippen LogP contribution in [0, 0.1) is 11.3 Å². The third-order valence-corrected chi connectivity index (χ3v) is 5.82. The Morgan fingerprint density at radius 3 is 2.15 bits per heavy atom. The number of para-hydroxylation sites is 1. The highest BCUT2D eigenvalue weighted by Crippen LogP contribution is 2.33. The van der Waals surface area contributed by atoms with E-state index in [0.717, 1.165) is 31.6 Å². The van der Waals surface area contributed by atoms with E-state index in [0.29, 0.717) is 5.57 Å². The molecule has 0 spiro atoms. The number of nitrogens with zero attached hydrogens (tertiary/aromatic N) is 2. The molecule has 0 aliphatic heterocycles. The van der Waals surface area contributed by atoms with Crippen LogP contribution in [0.4, 0.5) is 0 Å². The Kier molecular flexibility index (Phi) is 3.71. The summed E-state index contributed by atoms with van der Waals surface area (Å²) in [6.45, 7) is 0. The van der Waals surface area contributed by atoms with Gasteiger partial charge in [0.25, 0.3) is 0 Å². The Morgan fingerprint density at radius 1 is 0.852 bits per heavy atom. The lowest BCUT2D eigenvalue weighted by molar-refractivity contribution is 1.44. The van der Waals surface area contributed by atoms with Crippen LogP contribution in [0.15, 0.2) is 78.9 Å². The van der Waals surface area contributed by atoms with E-state index < -0.39 is 0 Å². The van der Waals surface area contributed by atoms with Gasteiger partial charge in [0.15, 0.2) is 0 Å². The highest BCUT2D eigenvalue weighted by Gasteiger charge is 2.11. The number of allylic oxidation sites excluding steroid dienone is 1. The van der Waals surface area contributed by atoms with Crippen LogP contribution in [-0.2, 0) is 0 Å². The third-order valence-electron chi connectivity index (χ3n) is 4.75. The predicted octanol–water partition coefficient (Wildman–Crippen LogP) is 6.67. The smallest absolute Gasteiger partial charge is 0.135 e. The van der Waals surface area contributed by atoms with E-state index in [1.54, 1.807) is 11.3 Å². The monoisotopic (exact) mass is 362 g/mol. The molecule has 0 atom stereocenters. The minimum atomic E-state index is 0.595. The van der Waals surface area contributed by atoms with E-state index >= 15 is 0 Å². The van der Waals surface area contributed by atoms with Gasteiger partial charge in [-0.05, 0) is 51.4 Å². The standard InChI is InChI=1S/C24H14N2S/c25-15-18(24-26-22-11-5-6-12-23(22)27-24)14-21-19-9-3-1-7-16(19)13-17-8-2-4-10-20(17)21/h1-14H/b18-14+. The Morgan fingerprint density at radius 2 is 1.48 bits per heavy atom. The number of nitriles is 1. The first kappa shape index (κ1) is 15.7. The quantitative estimate of drug-likeness (QED) is 0.260. The second kappa shape index (κ2) is 6.35. The van der Waals surface area contributed by atoms with Gasteiger partial charge in [-0.3, -0.25) is 0 Å². The summed E-state index contributed by atoms with van der Waals surface area (Å²) in [5, 5.41) is 15.2. The molecular formula is C24H14N2S. The van der Waals surface area contributed by atoms with Crippen LogP contribution in [-0.4, -0.2) is 4.98 Å². The van der Waals surface area contributed by atoms with Crippen LogP contribution < -0.4 is 0 Å². The number of thiazole rings is 1. The summed E-state index contributed by atoms with van der Waals surface area (Å²) in [7, 11) is 0. The molecule has 0 amide bonds. The second-order valence-corrected chi connectivity index (χ2v) is 7.42. The van der Waals surface area contributed by atoms with E-state index in [1.807, 2.05) is 54.6 Å². The summed E-state index contributed by atoms with van der Waals surface area (Å²) in [6, 6.07) is 29.2. The van der Waals surface area contributed by atoms with Crippen molar-refractivity contribution in [3.05, 3.63) is 89.4 Å². The van der Waals surface area contributed by atoms with Crippen molar-refractivity contribution in [2.75, 3.05) is 0 Å². The van der Waals surface area contributed by atoms with Gasteiger partial charge in [0.05, 0.1) is 15.8 Å². The number of hydrogen-bond donors (Lipinski definition) is 0. The normalized spacial score (nSPS) is 11.9. The Bertz CT molecular complexity index is 1300. The summed E-state index contributed by atoms with van der Waals surface area (Å²) < 4.78 is 1.09. The van der Waals surface area contributed by atoms with Crippen molar-refractivity contribution in [2.24, 2.45) is 0 Å². The molecule has 1 heterocycles. The molecule has 0 aliphatic rings. The van der Waals surface area contributed by atoms with Crippen molar-refractivity contribution in [2.45, 2.75) is 0 Å². The fourth-order valence-electron chi connectivity index (χ4n) is 3.48. The van der Waals surface area contributed by atoms with Crippen molar-refractivity contribution in [1.82, 2.24) is 4.98 Å². The summed E-state index contributed by atoms with van der Waals surface area (Å²) in [4.78, 5) is 4.67. The van der Waals surface area contributed by atoms with Gasteiger partial charge in [-0.15, -0.1) is 11.3 Å². The van der Waals surface area contributed by atoms with Crippen LogP contribution in [0.2, 0.25) is 0 Å². The van der Waals surface area contributed by atoms with E-state index in [4.69, 9.17) is 0 Å². The molecule has 0 radical (unpaired) electrons. The van der Waals surface area contributed by atoms with E-state index in [-0.39, 0.29) is 0 Å². The molecule has 0 unspecified atom stereocenters. The lowest BCUT2D eigenvalue weighted by Crippen LogP contribution is -1.86. The molecule has 1 aromatic heterocycles. The SMILES string of the molecule is N#C/C(=C\c1c2ccccc2cc2ccccc12)c1nc2ccccc2s1. The topological polar surface area (TPSA) is 36.7 Å². The molecule has 5 aromatic rings. The summed E-state index contributed by atoms with van der Waals surface area (Å²) in [6.07, 6.45) is 1.99. The third kappa shape index (κ3) is 2.68. The van der Waals surface area contributed by atoms with Crippen LogP contribution in [0.3, 0.4) is 0 Å². The van der Waals surface area contributed by atoms with Gasteiger partial charge in [-0.2, -0.15) is 5.26 Å². The Balaban J connectivity index is 1.81. The van der Waals surface area contributed by atoms with Crippen LogP contribution in [0.5, 0.6) is 0 Å². The highest BCUT2D eigenvalue weighted by molar-refractivity contribution is 7.19. The molecule has 5 rings (SSSR count). The first-order chi connectivity index (χ1) is 13.3. The van der Waals surface area contributed by atoms with Crippen molar-refractivity contribution < 1.29 is 0 Å². The van der Waals surface area contributed by atoms with Crippen LogP contribution in [0.1, 0.15) is 10.6 Å². The predicted molar refractivity (Wildman–Crippen MR) is 115 cm³/mol. The molecule has 126 valence electrons. The minimum absolute atomic E-state index is 0.595. The van der Waals surface area contributed by atoms with Crippen molar-refractivity contribution in [3.63, 3.8) is 0 Å². The molecule has 0 saturated heterocycles. The summed E-state index contributed by atoms with van der Waals surface area (Å²) >= 11 is 1.56. The number of rotatable bonds is 2. The average molecular weight is 362 g/mol. The van der Waals surface area contributed by atoms with Crippen LogP contribution >= 0.6 is 11.3 Å². The van der Waals surface area contributed by atoms with Gasteiger partial charge in [0.1, 0.15) is 11.1 Å². The second-order valence-electron chi connectivity index (χ2n) is 6.39. The van der Waals surface area contributed by atoms with Gasteiger partial charge in [-0.25, -0.2) is 4.98 Å². The zero-order valence-electron chi connectivity index (χ0n) is 14.4. The maximum Gasteiger partial charge on any atom is 0.135 e. The Labute approximate surface area is 160 Å². The largest absolute Gasteiger partial charge is 0.235 e. The molecule has 2 nitrogen and oxygen atoms in total. The van der Waals surface area contributed by atoms with E-state index in [9.17, 15) is 5.26 Å². The zero-order valence-corrected chi connectivity index (χ0v) is 15.2. The van der Waals surface area contributed by atoms with Gasteiger partial charge in [0, 0.05) is 0 Å². The number of benzene rings is 4. The summed E-state index contributed by atoms with van der Waals surface area (Å²) in [5.74, 6) is 0. The van der Waals surface area contributed by atoms with Crippen LogP contribution in [0.25, 0.3) is 43.4 Å². The molecule has 0 N–H and O–H groups in total. The first-order valence-electron chi connectivity index (χ1n) is 8.72. The maximum atomic E-state index is 9.86. The maximum absolute atomic E-state index is 9.86. The van der Waals surface area contributed by atoms with Crippen molar-refractivity contribution >= 4 is 54.7 Å². The first-order valence-corrected chi connectivity index (χ1v) is 9.53. The molecule has 0 fully saturated rings. The fraction of sp³-hybridized carbons (Fsp3) is 0. The van der Waals surface area contributed by atoms with E-state index in [2.05, 4.69) is 41.4 Å². The lowest BCUT2D eigenvalue weighted by atomic mass is 9.95. The molecule has 4 aromatic carbocycles. The molecular weight excluding hydrogens is 348 g/mol. The Hall–Kier alpha value is -3.48. The highest BCUT2D eigenvalue weighted by atomic mass is 32.1. The molecule has 3 heteroatoms. The van der Waals surface area contributed by atoms with Gasteiger partial charge in [-0.1, -0.05) is 60.7 Å². The fourth-order valence-corrected chi connectivity index (χ4v) is 4.41. The number of aromatic nitrogens is 1. The lowest BCUT2D eigenvalue weighted by Gasteiger charge is -2.08.